The van der Waals surface area contributed by atoms with Crippen LogP contribution in [0.4, 0.5) is 22.7 Å². The highest BCUT2D eigenvalue weighted by Crippen LogP contribution is 2.66. The molecule has 0 aromatic heterocycles. The van der Waals surface area contributed by atoms with E-state index in [4.69, 9.17) is 17.2 Å². The summed E-state index contributed by atoms with van der Waals surface area (Å²) in [6.07, 6.45) is 0. The SMILES string of the molecule is C=Nc1ccc(C2C(c3ccc(N)cc3)C(c3ccc(N)cc3)C2c2ccc(N)cc2)cc1. The van der Waals surface area contributed by atoms with Crippen molar-refractivity contribution in [2.75, 3.05) is 17.2 Å². The second-order valence-corrected chi connectivity index (χ2v) is 8.85. The van der Waals surface area contributed by atoms with Gasteiger partial charge in [0.15, 0.2) is 0 Å². The van der Waals surface area contributed by atoms with Gasteiger partial charge in [-0.25, -0.2) is 0 Å². The first kappa shape index (κ1) is 20.8. The van der Waals surface area contributed by atoms with Crippen molar-refractivity contribution in [2.45, 2.75) is 23.7 Å². The van der Waals surface area contributed by atoms with Crippen LogP contribution >= 0.6 is 0 Å². The fourth-order valence-corrected chi connectivity index (χ4v) is 5.36. The summed E-state index contributed by atoms with van der Waals surface area (Å²) in [7, 11) is 0. The maximum Gasteiger partial charge on any atom is 0.0622 e. The first-order valence-electron chi connectivity index (χ1n) is 11.2. The zero-order chi connectivity index (χ0) is 22.9. The molecule has 0 bridgehead atoms. The molecule has 4 heteroatoms. The van der Waals surface area contributed by atoms with Crippen LogP contribution in [0, 0.1) is 0 Å². The van der Waals surface area contributed by atoms with Gasteiger partial charge in [0.2, 0.25) is 0 Å². The Morgan fingerprint density at radius 2 is 0.667 bits per heavy atom. The van der Waals surface area contributed by atoms with Crippen LogP contribution in [0.2, 0.25) is 0 Å². The Labute approximate surface area is 194 Å². The van der Waals surface area contributed by atoms with Gasteiger partial charge >= 0.3 is 0 Å². The van der Waals surface area contributed by atoms with Crippen molar-refractivity contribution >= 4 is 29.5 Å². The predicted molar refractivity (Wildman–Crippen MR) is 139 cm³/mol. The van der Waals surface area contributed by atoms with E-state index in [1.54, 1.807) is 0 Å². The molecule has 0 radical (unpaired) electrons. The van der Waals surface area contributed by atoms with E-state index in [2.05, 4.69) is 60.2 Å². The van der Waals surface area contributed by atoms with E-state index in [1.807, 2.05) is 48.5 Å². The summed E-state index contributed by atoms with van der Waals surface area (Å²) in [5, 5.41) is 0. The highest BCUT2D eigenvalue weighted by atomic mass is 14.7. The normalized spacial score (nSPS) is 21.8. The minimum absolute atomic E-state index is 0.290. The number of nitrogen functional groups attached to an aromatic ring is 3. The van der Waals surface area contributed by atoms with E-state index in [1.165, 1.54) is 22.3 Å². The van der Waals surface area contributed by atoms with Crippen molar-refractivity contribution < 1.29 is 0 Å². The molecule has 2 unspecified atom stereocenters. The van der Waals surface area contributed by atoms with Crippen LogP contribution in [0.15, 0.2) is 102 Å². The van der Waals surface area contributed by atoms with Crippen molar-refractivity contribution in [2.24, 2.45) is 4.99 Å². The minimum atomic E-state index is 0.290. The van der Waals surface area contributed by atoms with Gasteiger partial charge < -0.3 is 17.2 Å². The van der Waals surface area contributed by atoms with E-state index in [9.17, 15) is 0 Å². The number of hydrogen-bond acceptors (Lipinski definition) is 4. The lowest BCUT2D eigenvalue weighted by Gasteiger charge is -2.54. The van der Waals surface area contributed by atoms with Gasteiger partial charge in [0.25, 0.3) is 0 Å². The van der Waals surface area contributed by atoms with E-state index in [0.717, 1.165) is 22.7 Å². The van der Waals surface area contributed by atoms with Crippen molar-refractivity contribution in [1.29, 1.82) is 0 Å². The largest absolute Gasteiger partial charge is 0.399 e. The molecule has 0 spiro atoms. The summed E-state index contributed by atoms with van der Waals surface area (Å²) in [4.78, 5) is 4.07. The molecule has 4 aromatic carbocycles. The Bertz CT molecular complexity index is 1190. The number of rotatable bonds is 5. The summed E-state index contributed by atoms with van der Waals surface area (Å²) in [5.74, 6) is 1.16. The monoisotopic (exact) mass is 432 g/mol. The van der Waals surface area contributed by atoms with Crippen molar-refractivity contribution in [1.82, 2.24) is 0 Å². The van der Waals surface area contributed by atoms with Crippen LogP contribution in [-0.4, -0.2) is 6.72 Å². The number of nitrogens with zero attached hydrogens (tertiary/aromatic N) is 1. The van der Waals surface area contributed by atoms with Crippen LogP contribution in [0.1, 0.15) is 45.9 Å². The molecule has 0 amide bonds. The maximum absolute atomic E-state index is 6.02. The van der Waals surface area contributed by atoms with Gasteiger partial charge in [-0.1, -0.05) is 48.5 Å². The molecule has 2 atom stereocenters. The fourth-order valence-electron chi connectivity index (χ4n) is 5.36. The Morgan fingerprint density at radius 3 is 0.909 bits per heavy atom. The molecule has 0 saturated heterocycles. The first-order chi connectivity index (χ1) is 16.0. The van der Waals surface area contributed by atoms with Crippen LogP contribution in [0.5, 0.6) is 0 Å². The van der Waals surface area contributed by atoms with Gasteiger partial charge in [0.1, 0.15) is 0 Å². The van der Waals surface area contributed by atoms with Crippen LogP contribution in [0.25, 0.3) is 0 Å². The Morgan fingerprint density at radius 1 is 0.424 bits per heavy atom. The summed E-state index contributed by atoms with van der Waals surface area (Å²) < 4.78 is 0. The number of anilines is 3. The van der Waals surface area contributed by atoms with Crippen molar-refractivity contribution in [3.8, 4) is 0 Å². The molecule has 0 aliphatic heterocycles. The number of aliphatic imine (C=N–C) groups is 1. The molecule has 164 valence electrons. The molecular weight excluding hydrogens is 404 g/mol. The van der Waals surface area contributed by atoms with E-state index in [0.29, 0.717) is 23.7 Å². The minimum Gasteiger partial charge on any atom is -0.399 e. The molecule has 1 aliphatic carbocycles. The third kappa shape index (κ3) is 3.85. The third-order valence-corrected chi connectivity index (χ3v) is 6.97. The Hall–Kier alpha value is -4.05. The van der Waals surface area contributed by atoms with Gasteiger partial charge in [-0.15, -0.1) is 0 Å². The molecular formula is C29H28N4. The topological polar surface area (TPSA) is 90.4 Å². The second kappa shape index (κ2) is 8.47. The lowest BCUT2D eigenvalue weighted by Crippen LogP contribution is -2.40. The lowest BCUT2D eigenvalue weighted by molar-refractivity contribution is 0.229. The fraction of sp³-hybridized carbons (Fsp3) is 0.138. The summed E-state index contributed by atoms with van der Waals surface area (Å²) >= 11 is 0. The molecule has 33 heavy (non-hydrogen) atoms. The molecule has 5 rings (SSSR count). The van der Waals surface area contributed by atoms with Crippen LogP contribution in [-0.2, 0) is 0 Å². The van der Waals surface area contributed by atoms with Crippen LogP contribution in [0.3, 0.4) is 0 Å². The smallest absolute Gasteiger partial charge is 0.0622 e. The van der Waals surface area contributed by atoms with Gasteiger partial charge in [-0.3, -0.25) is 4.99 Å². The first-order valence-corrected chi connectivity index (χ1v) is 11.2. The van der Waals surface area contributed by atoms with E-state index >= 15 is 0 Å². The molecule has 4 nitrogen and oxygen atoms in total. The maximum atomic E-state index is 6.02. The van der Waals surface area contributed by atoms with Gasteiger partial charge in [-0.05, 0) is 101 Å². The van der Waals surface area contributed by atoms with Crippen molar-refractivity contribution in [3.63, 3.8) is 0 Å². The Kier molecular flexibility index (Phi) is 5.35. The molecule has 1 saturated carbocycles. The van der Waals surface area contributed by atoms with Gasteiger partial charge in [0.05, 0.1) is 5.69 Å². The quantitative estimate of drug-likeness (QED) is 0.258. The van der Waals surface area contributed by atoms with E-state index in [-0.39, 0.29) is 0 Å². The highest BCUT2D eigenvalue weighted by molar-refractivity contribution is 5.54. The average Bonchev–Trinajstić information content (AvgIpc) is 2.83. The molecule has 1 aliphatic rings. The Balaban J connectivity index is 1.67. The summed E-state index contributed by atoms with van der Waals surface area (Å²) in [5.41, 5.74) is 26.4. The standard InChI is InChI=1S/C29H28N4/c1-33-25-16-8-21(9-17-25)29-27(19-4-12-23(31)13-5-19)26(18-2-10-22(30)11-3-18)28(29)20-6-14-24(32)15-7-20/h2-17,26-29H,1,30-32H2. The summed E-state index contributed by atoms with van der Waals surface area (Å²) in [6.45, 7) is 3.66. The van der Waals surface area contributed by atoms with Crippen LogP contribution < -0.4 is 17.2 Å². The predicted octanol–water partition coefficient (Wildman–Crippen LogP) is 6.21. The number of hydrogen-bond donors (Lipinski definition) is 3. The molecule has 6 N–H and O–H groups in total. The molecule has 1 fully saturated rings. The van der Waals surface area contributed by atoms with Gasteiger partial charge in [0, 0.05) is 17.1 Å². The second-order valence-electron chi connectivity index (χ2n) is 8.85. The van der Waals surface area contributed by atoms with Crippen molar-refractivity contribution in [3.05, 3.63) is 119 Å². The lowest BCUT2D eigenvalue weighted by atomic mass is 9.49. The van der Waals surface area contributed by atoms with E-state index < -0.39 is 0 Å². The zero-order valence-corrected chi connectivity index (χ0v) is 18.4. The molecule has 4 aromatic rings. The highest BCUT2D eigenvalue weighted by Gasteiger charge is 2.52. The summed E-state index contributed by atoms with van der Waals surface area (Å²) in [6, 6.07) is 33.4. The zero-order valence-electron chi connectivity index (χ0n) is 18.4. The molecule has 0 heterocycles. The van der Waals surface area contributed by atoms with Gasteiger partial charge in [-0.2, -0.15) is 0 Å². The number of benzene rings is 4. The number of nitrogens with two attached hydrogens (primary N) is 3. The third-order valence-electron chi connectivity index (χ3n) is 6.97. The average molecular weight is 433 g/mol.